The Kier molecular flexibility index (Phi) is 6.96. The van der Waals surface area contributed by atoms with Gasteiger partial charge in [0.25, 0.3) is 5.91 Å². The number of esters is 1. The van der Waals surface area contributed by atoms with Gasteiger partial charge in [0, 0.05) is 16.9 Å². The number of hydrogen-bond donors (Lipinski definition) is 1. The highest BCUT2D eigenvalue weighted by molar-refractivity contribution is 6.03. The Bertz CT molecular complexity index is 1340. The number of amides is 1. The van der Waals surface area contributed by atoms with Gasteiger partial charge in [0.2, 0.25) is 0 Å². The molecule has 180 valence electrons. The van der Waals surface area contributed by atoms with Gasteiger partial charge in [0.05, 0.1) is 32.6 Å². The van der Waals surface area contributed by atoms with Gasteiger partial charge < -0.3 is 19.5 Å². The van der Waals surface area contributed by atoms with Crippen LogP contribution in [-0.2, 0) is 11.2 Å². The lowest BCUT2D eigenvalue weighted by Crippen LogP contribution is -2.14. The maximum Gasteiger partial charge on any atom is 0.340 e. The number of hydrogen-bond acceptors (Lipinski definition) is 6. The molecule has 0 radical (unpaired) electrons. The van der Waals surface area contributed by atoms with Crippen LogP contribution in [0.2, 0.25) is 0 Å². The molecule has 2 aromatic carbocycles. The lowest BCUT2D eigenvalue weighted by Gasteiger charge is -2.15. The Labute approximate surface area is 201 Å². The van der Waals surface area contributed by atoms with Crippen LogP contribution in [0, 0.1) is 5.82 Å². The Morgan fingerprint density at radius 2 is 1.83 bits per heavy atom. The molecule has 1 N–H and O–H groups in total. The minimum atomic E-state index is -0.795. The van der Waals surface area contributed by atoms with E-state index < -0.39 is 17.7 Å². The van der Waals surface area contributed by atoms with Crippen LogP contribution in [0.3, 0.4) is 0 Å². The minimum absolute atomic E-state index is 0.172. The van der Waals surface area contributed by atoms with Crippen LogP contribution in [0.4, 0.5) is 10.1 Å². The van der Waals surface area contributed by atoms with Crippen LogP contribution >= 0.6 is 0 Å². The number of carbonyl (C=O) groups is 2. The smallest absolute Gasteiger partial charge is 0.340 e. The first-order valence-electron chi connectivity index (χ1n) is 10.8. The van der Waals surface area contributed by atoms with E-state index in [4.69, 9.17) is 9.47 Å². The summed E-state index contributed by atoms with van der Waals surface area (Å²) in [6.45, 7) is 0. The highest BCUT2D eigenvalue weighted by Crippen LogP contribution is 2.32. The zero-order valence-electron chi connectivity index (χ0n) is 19.5. The number of benzene rings is 2. The van der Waals surface area contributed by atoms with Crippen molar-refractivity contribution in [1.82, 2.24) is 9.78 Å². The summed E-state index contributed by atoms with van der Waals surface area (Å²) in [5.74, 6) is -0.923. The van der Waals surface area contributed by atoms with Gasteiger partial charge in [-0.05, 0) is 61.4 Å². The maximum absolute atomic E-state index is 14.3. The van der Waals surface area contributed by atoms with E-state index in [2.05, 4.69) is 15.2 Å². The molecular formula is C26H24FN3O5. The second kappa shape index (κ2) is 10.3. The fraction of sp³-hybridized carbons (Fsp3) is 0.192. The van der Waals surface area contributed by atoms with Gasteiger partial charge >= 0.3 is 5.97 Å². The number of rotatable bonds is 6. The standard InChI is InChI=1S/C26H24FN3O5/c1-33-23-12-9-16(13-24(23)34-2)22-8-6-4-5-7-18-15-21(29-30(18)22)25(31)28-17-10-11-19(20(27)14-17)26(32)35-3/h4,6,8-15H,5,7H2,1-3H3,(H,28,31)/b6-4-,22-8-. The number of aromatic nitrogens is 2. The summed E-state index contributed by atoms with van der Waals surface area (Å²) in [4.78, 5) is 24.5. The van der Waals surface area contributed by atoms with E-state index in [-0.39, 0.29) is 16.9 Å². The molecule has 3 aromatic rings. The first-order valence-corrected chi connectivity index (χ1v) is 10.8. The molecule has 1 amide bonds. The lowest BCUT2D eigenvalue weighted by molar-refractivity contribution is 0.0595. The molecule has 0 unspecified atom stereocenters. The van der Waals surface area contributed by atoms with E-state index in [1.807, 2.05) is 30.4 Å². The fourth-order valence-corrected chi connectivity index (χ4v) is 3.75. The number of carbonyl (C=O) groups excluding carboxylic acids is 2. The second-order valence-electron chi connectivity index (χ2n) is 7.66. The van der Waals surface area contributed by atoms with Crippen LogP contribution in [0.15, 0.2) is 60.7 Å². The largest absolute Gasteiger partial charge is 0.493 e. The number of aryl methyl sites for hydroxylation is 1. The number of fused-ring (bicyclic) bond motifs is 1. The van der Waals surface area contributed by atoms with Crippen molar-refractivity contribution in [3.05, 3.63) is 89.0 Å². The monoisotopic (exact) mass is 477 g/mol. The molecule has 8 nitrogen and oxygen atoms in total. The van der Waals surface area contributed by atoms with Crippen LogP contribution < -0.4 is 14.8 Å². The molecule has 0 saturated heterocycles. The zero-order valence-corrected chi connectivity index (χ0v) is 19.5. The molecule has 0 aliphatic carbocycles. The molecule has 0 fully saturated rings. The van der Waals surface area contributed by atoms with Crippen molar-refractivity contribution >= 4 is 23.3 Å². The second-order valence-corrected chi connectivity index (χ2v) is 7.66. The Morgan fingerprint density at radius 3 is 2.54 bits per heavy atom. The molecule has 1 aromatic heterocycles. The SMILES string of the molecule is COC(=O)c1ccc(NC(=O)c2cc3n(n2)/C(c2ccc(OC)c(OC)c2)=C\C=C/CC3)cc1F. The summed E-state index contributed by atoms with van der Waals surface area (Å²) in [5.41, 5.74) is 2.57. The fourth-order valence-electron chi connectivity index (χ4n) is 3.75. The molecule has 0 atom stereocenters. The number of anilines is 1. The molecule has 0 spiro atoms. The average molecular weight is 477 g/mol. The van der Waals surface area contributed by atoms with Crippen molar-refractivity contribution in [3.63, 3.8) is 0 Å². The van der Waals surface area contributed by atoms with Gasteiger partial charge in [-0.2, -0.15) is 5.10 Å². The summed E-state index contributed by atoms with van der Waals surface area (Å²) in [6.07, 6.45) is 7.36. The van der Waals surface area contributed by atoms with E-state index >= 15 is 0 Å². The van der Waals surface area contributed by atoms with Gasteiger partial charge in [0.15, 0.2) is 17.2 Å². The maximum atomic E-state index is 14.3. The van der Waals surface area contributed by atoms with Crippen LogP contribution in [0.5, 0.6) is 11.5 Å². The molecule has 1 aliphatic rings. The number of ether oxygens (including phenoxy) is 3. The van der Waals surface area contributed by atoms with Crippen molar-refractivity contribution < 1.29 is 28.2 Å². The summed E-state index contributed by atoms with van der Waals surface area (Å²) >= 11 is 0. The van der Waals surface area contributed by atoms with E-state index in [9.17, 15) is 14.0 Å². The molecule has 9 heteroatoms. The molecule has 35 heavy (non-hydrogen) atoms. The van der Waals surface area contributed by atoms with E-state index in [1.54, 1.807) is 31.0 Å². The topological polar surface area (TPSA) is 91.7 Å². The lowest BCUT2D eigenvalue weighted by atomic mass is 10.1. The predicted octanol–water partition coefficient (Wildman–Crippen LogP) is 4.47. The van der Waals surface area contributed by atoms with Gasteiger partial charge in [0.1, 0.15) is 5.82 Å². The van der Waals surface area contributed by atoms with E-state index in [0.717, 1.165) is 29.4 Å². The highest BCUT2D eigenvalue weighted by Gasteiger charge is 2.20. The van der Waals surface area contributed by atoms with Crippen molar-refractivity contribution in [2.75, 3.05) is 26.6 Å². The van der Waals surface area contributed by atoms with E-state index in [1.165, 1.54) is 19.2 Å². The third-order valence-corrected chi connectivity index (χ3v) is 5.51. The summed E-state index contributed by atoms with van der Waals surface area (Å²) < 4.78 is 31.3. The predicted molar refractivity (Wildman–Crippen MR) is 128 cm³/mol. The van der Waals surface area contributed by atoms with Crippen molar-refractivity contribution in [2.45, 2.75) is 12.8 Å². The summed E-state index contributed by atoms with van der Waals surface area (Å²) in [5, 5.41) is 7.18. The normalized spacial score (nSPS) is 15.0. The minimum Gasteiger partial charge on any atom is -0.493 e. The molecule has 1 aliphatic heterocycles. The Morgan fingerprint density at radius 1 is 1.03 bits per heavy atom. The molecule has 2 heterocycles. The van der Waals surface area contributed by atoms with Crippen LogP contribution in [0.25, 0.3) is 5.70 Å². The number of nitrogens with zero attached hydrogens (tertiary/aromatic N) is 2. The number of methoxy groups -OCH3 is 3. The van der Waals surface area contributed by atoms with Gasteiger partial charge in [-0.3, -0.25) is 4.79 Å². The molecule has 0 bridgehead atoms. The Balaban J connectivity index is 1.65. The first-order chi connectivity index (χ1) is 16.9. The quantitative estimate of drug-likeness (QED) is 0.527. The van der Waals surface area contributed by atoms with Crippen molar-refractivity contribution in [1.29, 1.82) is 0 Å². The Hall–Kier alpha value is -4.40. The number of allylic oxidation sites excluding steroid dienone is 3. The molecule has 0 saturated carbocycles. The molecule has 4 rings (SSSR count). The average Bonchev–Trinajstić information content (AvgIpc) is 3.26. The van der Waals surface area contributed by atoms with Crippen molar-refractivity contribution in [3.8, 4) is 11.5 Å². The van der Waals surface area contributed by atoms with Crippen LogP contribution in [0.1, 0.15) is 38.5 Å². The first kappa shape index (κ1) is 23.7. The summed E-state index contributed by atoms with van der Waals surface area (Å²) in [7, 11) is 4.31. The van der Waals surface area contributed by atoms with Crippen LogP contribution in [-0.4, -0.2) is 43.0 Å². The van der Waals surface area contributed by atoms with Gasteiger partial charge in [-0.15, -0.1) is 0 Å². The molecular weight excluding hydrogens is 453 g/mol. The third kappa shape index (κ3) is 4.93. The third-order valence-electron chi connectivity index (χ3n) is 5.51. The highest BCUT2D eigenvalue weighted by atomic mass is 19.1. The number of halogens is 1. The van der Waals surface area contributed by atoms with Crippen molar-refractivity contribution in [2.24, 2.45) is 0 Å². The summed E-state index contributed by atoms with van der Waals surface area (Å²) in [6, 6.07) is 11.0. The number of nitrogens with one attached hydrogen (secondary N) is 1. The van der Waals surface area contributed by atoms with Gasteiger partial charge in [-0.1, -0.05) is 12.2 Å². The van der Waals surface area contributed by atoms with Gasteiger partial charge in [-0.25, -0.2) is 13.9 Å². The zero-order chi connectivity index (χ0) is 24.9. The van der Waals surface area contributed by atoms with E-state index in [0.29, 0.717) is 17.9 Å².